The predicted octanol–water partition coefficient (Wildman–Crippen LogP) is 6.62. The van der Waals surface area contributed by atoms with Gasteiger partial charge in [0, 0.05) is 6.54 Å². The van der Waals surface area contributed by atoms with Crippen LogP contribution in [-0.4, -0.2) is 24.6 Å². The number of ether oxygens (including phenoxy) is 1. The van der Waals surface area contributed by atoms with E-state index in [4.69, 9.17) is 4.74 Å². The molecular weight excluding hydrogens is 354 g/mol. The van der Waals surface area contributed by atoms with Crippen molar-refractivity contribution in [2.45, 2.75) is 51.5 Å². The summed E-state index contributed by atoms with van der Waals surface area (Å²) in [6.07, 6.45) is 8.80. The molecule has 0 radical (unpaired) electrons. The molecule has 4 rings (SSSR count). The molecule has 1 fully saturated rings. The molecule has 0 saturated carbocycles. The number of nitrogens with zero attached hydrogens (tertiary/aromatic N) is 1. The van der Waals surface area contributed by atoms with Crippen molar-refractivity contribution in [3.05, 3.63) is 77.9 Å². The molecule has 0 aliphatic carbocycles. The summed E-state index contributed by atoms with van der Waals surface area (Å²) in [7, 11) is 0. The molecule has 0 unspecified atom stereocenters. The van der Waals surface area contributed by atoms with Gasteiger partial charge in [-0.2, -0.15) is 0 Å². The van der Waals surface area contributed by atoms with Crippen LogP contribution in [-0.2, 0) is 13.0 Å². The number of hydrogen-bond acceptors (Lipinski definition) is 2. The minimum absolute atomic E-state index is 0.799. The molecule has 1 saturated heterocycles. The minimum Gasteiger partial charge on any atom is -0.494 e. The molecule has 152 valence electrons. The van der Waals surface area contributed by atoms with E-state index in [1.165, 1.54) is 67.1 Å². The molecular formula is C27H33NO. The van der Waals surface area contributed by atoms with E-state index >= 15 is 0 Å². The third-order valence-corrected chi connectivity index (χ3v) is 5.95. The number of aryl methyl sites for hydroxylation is 1. The highest BCUT2D eigenvalue weighted by Crippen LogP contribution is 2.23. The predicted molar refractivity (Wildman–Crippen MR) is 123 cm³/mol. The second-order valence-corrected chi connectivity index (χ2v) is 8.32. The molecule has 2 heteroatoms. The number of piperidine rings is 1. The van der Waals surface area contributed by atoms with Gasteiger partial charge >= 0.3 is 0 Å². The Balaban J connectivity index is 1.22. The quantitative estimate of drug-likeness (QED) is 0.383. The number of fused-ring (bicyclic) bond motifs is 1. The van der Waals surface area contributed by atoms with E-state index in [2.05, 4.69) is 71.6 Å². The molecule has 0 bridgehead atoms. The van der Waals surface area contributed by atoms with Crippen LogP contribution in [0.1, 0.15) is 49.7 Å². The molecule has 3 aromatic carbocycles. The zero-order chi connectivity index (χ0) is 19.7. The van der Waals surface area contributed by atoms with Crippen molar-refractivity contribution in [2.24, 2.45) is 0 Å². The zero-order valence-electron chi connectivity index (χ0n) is 17.5. The van der Waals surface area contributed by atoms with E-state index in [1.807, 2.05) is 0 Å². The Morgan fingerprint density at radius 1 is 0.690 bits per heavy atom. The molecule has 1 heterocycles. The number of likely N-dealkylation sites (tertiary alicyclic amines) is 1. The van der Waals surface area contributed by atoms with Crippen molar-refractivity contribution in [3.63, 3.8) is 0 Å². The van der Waals surface area contributed by atoms with Crippen LogP contribution in [0.15, 0.2) is 66.7 Å². The smallest absolute Gasteiger partial charge is 0.119 e. The van der Waals surface area contributed by atoms with Gasteiger partial charge in [-0.15, -0.1) is 0 Å². The van der Waals surface area contributed by atoms with Gasteiger partial charge in [-0.05, 0) is 91.7 Å². The summed E-state index contributed by atoms with van der Waals surface area (Å²) in [4.78, 5) is 2.58. The Morgan fingerprint density at radius 2 is 1.48 bits per heavy atom. The van der Waals surface area contributed by atoms with E-state index < -0.39 is 0 Å². The highest BCUT2D eigenvalue weighted by molar-refractivity contribution is 5.84. The Labute approximate surface area is 175 Å². The molecule has 0 atom stereocenters. The summed E-state index contributed by atoms with van der Waals surface area (Å²) < 4.78 is 6.01. The van der Waals surface area contributed by atoms with E-state index in [-0.39, 0.29) is 0 Å². The van der Waals surface area contributed by atoms with Crippen molar-refractivity contribution >= 4 is 10.8 Å². The Hall–Kier alpha value is -2.32. The first-order valence-corrected chi connectivity index (χ1v) is 11.3. The van der Waals surface area contributed by atoms with Gasteiger partial charge in [0.1, 0.15) is 5.75 Å². The zero-order valence-corrected chi connectivity index (χ0v) is 17.5. The summed E-state index contributed by atoms with van der Waals surface area (Å²) in [6.45, 7) is 4.37. The second kappa shape index (κ2) is 10.5. The SMILES string of the molecule is c1ccc(CCCCCOc2ccc3cc(CN4CCCCC4)ccc3c2)cc1. The van der Waals surface area contributed by atoms with E-state index in [0.717, 1.165) is 31.7 Å². The van der Waals surface area contributed by atoms with Gasteiger partial charge in [0.2, 0.25) is 0 Å². The highest BCUT2D eigenvalue weighted by Gasteiger charge is 2.10. The van der Waals surface area contributed by atoms with Crippen LogP contribution < -0.4 is 4.74 Å². The van der Waals surface area contributed by atoms with Crippen LogP contribution in [0.25, 0.3) is 10.8 Å². The summed E-state index contributed by atoms with van der Waals surface area (Å²) in [5.74, 6) is 0.990. The van der Waals surface area contributed by atoms with Crippen molar-refractivity contribution in [2.75, 3.05) is 19.7 Å². The number of hydrogen-bond donors (Lipinski definition) is 0. The van der Waals surface area contributed by atoms with Crippen molar-refractivity contribution < 1.29 is 4.74 Å². The number of unbranched alkanes of at least 4 members (excludes halogenated alkanes) is 2. The molecule has 2 nitrogen and oxygen atoms in total. The summed E-state index contributed by atoms with van der Waals surface area (Å²) in [6, 6.07) is 24.1. The van der Waals surface area contributed by atoms with Crippen molar-refractivity contribution in [1.29, 1.82) is 0 Å². The maximum Gasteiger partial charge on any atom is 0.119 e. The fourth-order valence-corrected chi connectivity index (χ4v) is 4.28. The van der Waals surface area contributed by atoms with Gasteiger partial charge in [-0.3, -0.25) is 4.90 Å². The summed E-state index contributed by atoms with van der Waals surface area (Å²) in [5.41, 5.74) is 2.86. The Bertz CT molecular complexity index is 883. The van der Waals surface area contributed by atoms with Crippen LogP contribution in [0.4, 0.5) is 0 Å². The van der Waals surface area contributed by atoms with E-state index in [0.29, 0.717) is 0 Å². The summed E-state index contributed by atoms with van der Waals surface area (Å²) >= 11 is 0. The van der Waals surface area contributed by atoms with Gasteiger partial charge in [-0.1, -0.05) is 55.0 Å². The highest BCUT2D eigenvalue weighted by atomic mass is 16.5. The largest absolute Gasteiger partial charge is 0.494 e. The maximum absolute atomic E-state index is 6.01. The second-order valence-electron chi connectivity index (χ2n) is 8.32. The number of rotatable bonds is 9. The van der Waals surface area contributed by atoms with Crippen molar-refractivity contribution in [1.82, 2.24) is 4.90 Å². The lowest BCUT2D eigenvalue weighted by atomic mass is 10.0. The first-order chi connectivity index (χ1) is 14.4. The van der Waals surface area contributed by atoms with Crippen LogP contribution in [0.2, 0.25) is 0 Å². The lowest BCUT2D eigenvalue weighted by Crippen LogP contribution is -2.29. The normalized spacial score (nSPS) is 14.9. The molecule has 0 N–H and O–H groups in total. The van der Waals surface area contributed by atoms with Gasteiger partial charge in [0.05, 0.1) is 6.61 Å². The van der Waals surface area contributed by atoms with E-state index in [1.54, 1.807) is 0 Å². The number of benzene rings is 3. The summed E-state index contributed by atoms with van der Waals surface area (Å²) in [5, 5.41) is 2.59. The van der Waals surface area contributed by atoms with E-state index in [9.17, 15) is 0 Å². The first kappa shape index (κ1) is 20.0. The lowest BCUT2D eigenvalue weighted by molar-refractivity contribution is 0.221. The minimum atomic E-state index is 0.799. The van der Waals surface area contributed by atoms with Crippen LogP contribution in [0.5, 0.6) is 5.75 Å². The standard InChI is InChI=1S/C27H33NO/c1-4-10-23(11-5-1)12-6-2-9-19-29-27-16-15-25-20-24(13-14-26(25)21-27)22-28-17-7-3-8-18-28/h1,4-5,10-11,13-16,20-21H,2-3,6-9,12,17-19,22H2. The molecule has 0 amide bonds. The lowest BCUT2D eigenvalue weighted by Gasteiger charge is -2.26. The van der Waals surface area contributed by atoms with Gasteiger partial charge in [0.15, 0.2) is 0 Å². The molecule has 29 heavy (non-hydrogen) atoms. The van der Waals surface area contributed by atoms with Crippen LogP contribution >= 0.6 is 0 Å². The third kappa shape index (κ3) is 6.08. The van der Waals surface area contributed by atoms with Gasteiger partial charge in [-0.25, -0.2) is 0 Å². The van der Waals surface area contributed by atoms with Gasteiger partial charge in [0.25, 0.3) is 0 Å². The third-order valence-electron chi connectivity index (χ3n) is 5.95. The average Bonchev–Trinajstić information content (AvgIpc) is 2.77. The first-order valence-electron chi connectivity index (χ1n) is 11.3. The van der Waals surface area contributed by atoms with Gasteiger partial charge < -0.3 is 4.74 Å². The molecule has 0 aromatic heterocycles. The molecule has 0 spiro atoms. The Morgan fingerprint density at radius 3 is 2.34 bits per heavy atom. The molecule has 1 aliphatic rings. The molecule has 3 aromatic rings. The maximum atomic E-state index is 6.01. The van der Waals surface area contributed by atoms with Crippen LogP contribution in [0, 0.1) is 0 Å². The fraction of sp³-hybridized carbons (Fsp3) is 0.407. The van der Waals surface area contributed by atoms with Crippen molar-refractivity contribution in [3.8, 4) is 5.75 Å². The Kier molecular flexibility index (Phi) is 7.20. The monoisotopic (exact) mass is 387 g/mol. The molecule has 1 aliphatic heterocycles. The topological polar surface area (TPSA) is 12.5 Å². The fourth-order valence-electron chi connectivity index (χ4n) is 4.28. The average molecular weight is 388 g/mol. The van der Waals surface area contributed by atoms with Crippen LogP contribution in [0.3, 0.4) is 0 Å².